The van der Waals surface area contributed by atoms with Gasteiger partial charge in [0.25, 0.3) is 0 Å². The number of rotatable bonds is 6. The molecular weight excluding hydrogens is 428 g/mol. The van der Waals surface area contributed by atoms with Gasteiger partial charge in [-0.3, -0.25) is 10.00 Å². The molecule has 1 saturated heterocycles. The lowest BCUT2D eigenvalue weighted by molar-refractivity contribution is 0.0398. The first-order chi connectivity index (χ1) is 16.7. The van der Waals surface area contributed by atoms with Crippen molar-refractivity contribution in [3.05, 3.63) is 54.9 Å². The van der Waals surface area contributed by atoms with Crippen LogP contribution in [0, 0.1) is 0 Å². The quantitative estimate of drug-likeness (QED) is 0.310. The molecule has 0 radical (unpaired) electrons. The largest absolute Gasteiger partial charge is 0.382 e. The Bertz CT molecular complexity index is 1430. The molecule has 5 heterocycles. The normalized spacial score (nSPS) is 14.7. The van der Waals surface area contributed by atoms with Gasteiger partial charge in [-0.25, -0.2) is 9.97 Å². The smallest absolute Gasteiger partial charge is 0.153 e. The van der Waals surface area contributed by atoms with E-state index in [2.05, 4.69) is 59.6 Å². The summed E-state index contributed by atoms with van der Waals surface area (Å²) >= 11 is 0. The van der Waals surface area contributed by atoms with Gasteiger partial charge in [0.15, 0.2) is 5.82 Å². The van der Waals surface area contributed by atoms with Gasteiger partial charge in [-0.15, -0.1) is 0 Å². The van der Waals surface area contributed by atoms with Crippen molar-refractivity contribution in [2.75, 3.05) is 50.4 Å². The Morgan fingerprint density at radius 1 is 1.00 bits per heavy atom. The molecule has 9 nitrogen and oxygen atoms in total. The molecule has 1 fully saturated rings. The maximum Gasteiger partial charge on any atom is 0.153 e. The second-order valence-electron chi connectivity index (χ2n) is 8.49. The zero-order valence-corrected chi connectivity index (χ0v) is 18.7. The number of benzene rings is 1. The third-order valence-electron chi connectivity index (χ3n) is 6.35. The van der Waals surface area contributed by atoms with Crippen molar-refractivity contribution >= 4 is 33.6 Å². The molecule has 34 heavy (non-hydrogen) atoms. The number of aromatic nitrogens is 5. The second kappa shape index (κ2) is 8.77. The average Bonchev–Trinajstić information content (AvgIpc) is 3.48. The number of morpholine rings is 1. The van der Waals surface area contributed by atoms with Crippen LogP contribution < -0.4 is 11.1 Å². The van der Waals surface area contributed by atoms with E-state index in [-0.39, 0.29) is 0 Å². The van der Waals surface area contributed by atoms with Crippen LogP contribution in [0.1, 0.15) is 0 Å². The van der Waals surface area contributed by atoms with Gasteiger partial charge in [0.2, 0.25) is 0 Å². The lowest BCUT2D eigenvalue weighted by atomic mass is 10.0. The molecule has 0 unspecified atom stereocenters. The molecule has 0 saturated carbocycles. The zero-order chi connectivity index (χ0) is 22.9. The molecule has 5 N–H and O–H groups in total. The number of nitrogens with one attached hydrogen (secondary N) is 3. The topological polar surface area (TPSA) is 121 Å². The van der Waals surface area contributed by atoms with Crippen molar-refractivity contribution in [1.29, 1.82) is 0 Å². The highest BCUT2D eigenvalue weighted by atomic mass is 16.5. The van der Waals surface area contributed by atoms with Gasteiger partial charge in [0.1, 0.15) is 11.5 Å². The molecule has 172 valence electrons. The van der Waals surface area contributed by atoms with Gasteiger partial charge in [-0.1, -0.05) is 6.07 Å². The number of fused-ring (bicyclic) bond motifs is 2. The van der Waals surface area contributed by atoms with Crippen LogP contribution in [-0.4, -0.2) is 69.4 Å². The summed E-state index contributed by atoms with van der Waals surface area (Å²) < 4.78 is 5.40. The number of nitrogen functional groups attached to an aromatic ring is 1. The summed E-state index contributed by atoms with van der Waals surface area (Å²) in [5.74, 6) is 1.37. The summed E-state index contributed by atoms with van der Waals surface area (Å²) in [4.78, 5) is 15.0. The predicted molar refractivity (Wildman–Crippen MR) is 135 cm³/mol. The van der Waals surface area contributed by atoms with Crippen LogP contribution in [0.5, 0.6) is 0 Å². The molecule has 1 aromatic carbocycles. The zero-order valence-electron chi connectivity index (χ0n) is 18.7. The SMILES string of the molecule is Nc1n[nH]c2ccc(-c3ccnc4[nH]c(-c5ccc(NCCN6CCOCC6)nc5)cc34)cc12. The van der Waals surface area contributed by atoms with Crippen LogP contribution in [0.25, 0.3) is 44.3 Å². The van der Waals surface area contributed by atoms with Crippen LogP contribution in [0.4, 0.5) is 11.6 Å². The summed E-state index contributed by atoms with van der Waals surface area (Å²) in [6.45, 7) is 5.47. The molecule has 0 aliphatic carbocycles. The Balaban J connectivity index is 1.22. The van der Waals surface area contributed by atoms with Gasteiger partial charge in [0, 0.05) is 60.6 Å². The Morgan fingerprint density at radius 2 is 1.88 bits per heavy atom. The molecule has 0 atom stereocenters. The van der Waals surface area contributed by atoms with Crippen molar-refractivity contribution in [2.45, 2.75) is 0 Å². The Kier molecular flexibility index (Phi) is 5.32. The molecular formula is C25H26N8O. The number of ether oxygens (including phenoxy) is 1. The molecule has 0 amide bonds. The van der Waals surface area contributed by atoms with Crippen molar-refractivity contribution < 1.29 is 4.74 Å². The second-order valence-corrected chi connectivity index (χ2v) is 8.49. The highest BCUT2D eigenvalue weighted by Gasteiger charge is 2.13. The van der Waals surface area contributed by atoms with Crippen molar-refractivity contribution in [2.24, 2.45) is 0 Å². The standard InChI is InChI=1S/C25H26N8O/c26-24-20-13-16(1-3-21(20)31-32-24)18-5-6-28-25-19(18)14-22(30-25)17-2-4-23(29-15-17)27-7-8-33-9-11-34-12-10-33/h1-6,13-15H,7-12H2,(H,27,29)(H,28,30)(H3,26,31,32). The van der Waals surface area contributed by atoms with Crippen LogP contribution in [0.3, 0.4) is 0 Å². The van der Waals surface area contributed by atoms with E-state index < -0.39 is 0 Å². The Morgan fingerprint density at radius 3 is 2.74 bits per heavy atom. The van der Waals surface area contributed by atoms with Crippen LogP contribution in [-0.2, 0) is 4.74 Å². The highest BCUT2D eigenvalue weighted by molar-refractivity contribution is 5.99. The van der Waals surface area contributed by atoms with E-state index in [1.807, 2.05) is 30.6 Å². The van der Waals surface area contributed by atoms with E-state index in [1.54, 1.807) is 0 Å². The van der Waals surface area contributed by atoms with E-state index in [0.29, 0.717) is 5.82 Å². The third-order valence-corrected chi connectivity index (χ3v) is 6.35. The minimum atomic E-state index is 0.502. The van der Waals surface area contributed by atoms with Crippen molar-refractivity contribution in [3.8, 4) is 22.4 Å². The molecule has 1 aliphatic heterocycles. The first-order valence-electron chi connectivity index (χ1n) is 11.5. The summed E-state index contributed by atoms with van der Waals surface area (Å²) in [5.41, 5.74) is 11.9. The minimum Gasteiger partial charge on any atom is -0.382 e. The van der Waals surface area contributed by atoms with Gasteiger partial charge in [0.05, 0.1) is 18.7 Å². The van der Waals surface area contributed by atoms with E-state index in [0.717, 1.165) is 89.5 Å². The number of hydrogen-bond donors (Lipinski definition) is 4. The van der Waals surface area contributed by atoms with E-state index in [1.165, 1.54) is 0 Å². The summed E-state index contributed by atoms with van der Waals surface area (Å²) in [6, 6.07) is 14.4. The number of hydrogen-bond acceptors (Lipinski definition) is 7. The average molecular weight is 455 g/mol. The van der Waals surface area contributed by atoms with Crippen molar-refractivity contribution in [1.82, 2.24) is 30.0 Å². The number of nitrogens with two attached hydrogens (primary N) is 1. The lowest BCUT2D eigenvalue weighted by Crippen LogP contribution is -2.39. The molecule has 9 heteroatoms. The van der Waals surface area contributed by atoms with E-state index in [4.69, 9.17) is 10.5 Å². The number of anilines is 2. The fourth-order valence-electron chi connectivity index (χ4n) is 4.46. The van der Waals surface area contributed by atoms with E-state index in [9.17, 15) is 0 Å². The fourth-order valence-corrected chi connectivity index (χ4v) is 4.46. The molecule has 6 rings (SSSR count). The van der Waals surface area contributed by atoms with Crippen LogP contribution in [0.15, 0.2) is 54.9 Å². The summed E-state index contributed by atoms with van der Waals surface area (Å²) in [6.07, 6.45) is 3.71. The predicted octanol–water partition coefficient (Wildman–Crippen LogP) is 3.49. The summed E-state index contributed by atoms with van der Waals surface area (Å²) in [7, 11) is 0. The van der Waals surface area contributed by atoms with Crippen LogP contribution >= 0.6 is 0 Å². The minimum absolute atomic E-state index is 0.502. The fraction of sp³-hybridized carbons (Fsp3) is 0.240. The Hall–Kier alpha value is -3.95. The molecule has 1 aliphatic rings. The lowest BCUT2D eigenvalue weighted by Gasteiger charge is -2.26. The van der Waals surface area contributed by atoms with E-state index >= 15 is 0 Å². The van der Waals surface area contributed by atoms with Crippen molar-refractivity contribution in [3.63, 3.8) is 0 Å². The molecule has 5 aromatic rings. The van der Waals surface area contributed by atoms with Gasteiger partial charge in [-0.05, 0) is 47.5 Å². The first kappa shape index (κ1) is 20.6. The first-order valence-corrected chi connectivity index (χ1v) is 11.5. The van der Waals surface area contributed by atoms with Crippen LogP contribution in [0.2, 0.25) is 0 Å². The summed E-state index contributed by atoms with van der Waals surface area (Å²) in [5, 5.41) is 12.4. The molecule has 0 spiro atoms. The van der Waals surface area contributed by atoms with Gasteiger partial charge >= 0.3 is 0 Å². The third kappa shape index (κ3) is 3.95. The Labute approximate surface area is 196 Å². The van der Waals surface area contributed by atoms with Gasteiger partial charge < -0.3 is 20.8 Å². The number of nitrogens with zero attached hydrogens (tertiary/aromatic N) is 4. The molecule has 0 bridgehead atoms. The number of H-pyrrole nitrogens is 2. The maximum absolute atomic E-state index is 6.02. The number of pyridine rings is 2. The molecule has 4 aromatic heterocycles. The highest BCUT2D eigenvalue weighted by Crippen LogP contribution is 2.33. The monoisotopic (exact) mass is 454 g/mol. The number of aromatic amines is 2. The van der Waals surface area contributed by atoms with Gasteiger partial charge in [-0.2, -0.15) is 5.10 Å². The maximum atomic E-state index is 6.02.